The zero-order valence-corrected chi connectivity index (χ0v) is 15.7. The van der Waals surface area contributed by atoms with Gasteiger partial charge in [-0.3, -0.25) is 9.36 Å². The molecule has 0 aliphatic heterocycles. The number of carbonyl (C=O) groups is 1. The van der Waals surface area contributed by atoms with Crippen molar-refractivity contribution in [1.29, 1.82) is 0 Å². The van der Waals surface area contributed by atoms with Gasteiger partial charge in [0.25, 0.3) is 0 Å². The van der Waals surface area contributed by atoms with Gasteiger partial charge in [0.2, 0.25) is 0 Å². The maximum atomic E-state index is 12.8. The molecule has 0 saturated heterocycles. The van der Waals surface area contributed by atoms with Gasteiger partial charge >= 0.3 is 0 Å². The van der Waals surface area contributed by atoms with Crippen molar-refractivity contribution in [2.75, 3.05) is 0 Å². The van der Waals surface area contributed by atoms with E-state index in [1.807, 2.05) is 56.3 Å². The summed E-state index contributed by atoms with van der Waals surface area (Å²) in [5.74, 6) is 1.61. The van der Waals surface area contributed by atoms with Gasteiger partial charge in [0.1, 0.15) is 5.82 Å². The van der Waals surface area contributed by atoms with E-state index in [0.29, 0.717) is 5.92 Å². The van der Waals surface area contributed by atoms with E-state index in [-0.39, 0.29) is 11.0 Å². The Kier molecular flexibility index (Phi) is 4.64. The van der Waals surface area contributed by atoms with Crippen LogP contribution in [0.2, 0.25) is 0 Å². The molecule has 1 fully saturated rings. The van der Waals surface area contributed by atoms with Crippen LogP contribution in [0.3, 0.4) is 0 Å². The van der Waals surface area contributed by atoms with E-state index >= 15 is 0 Å². The number of benzene rings is 2. The van der Waals surface area contributed by atoms with Crippen molar-refractivity contribution in [1.82, 2.24) is 14.8 Å². The summed E-state index contributed by atoms with van der Waals surface area (Å²) in [6, 6.07) is 17.9. The number of para-hydroxylation sites is 1. The third-order valence-corrected chi connectivity index (χ3v) is 5.65. The van der Waals surface area contributed by atoms with Crippen molar-refractivity contribution in [3.05, 3.63) is 71.5 Å². The molecule has 4 rings (SSSR count). The quantitative estimate of drug-likeness (QED) is 0.465. The predicted octanol–water partition coefficient (Wildman–Crippen LogP) is 4.82. The Morgan fingerprint density at radius 1 is 1.08 bits per heavy atom. The van der Waals surface area contributed by atoms with E-state index in [0.717, 1.165) is 40.6 Å². The fraction of sp³-hybridized carbons (Fsp3) is 0.286. The lowest BCUT2D eigenvalue weighted by molar-refractivity contribution is 0.0994. The summed E-state index contributed by atoms with van der Waals surface area (Å²) in [7, 11) is 0. The van der Waals surface area contributed by atoms with Gasteiger partial charge in [-0.25, -0.2) is 0 Å². The van der Waals surface area contributed by atoms with E-state index < -0.39 is 0 Å². The Morgan fingerprint density at radius 3 is 2.42 bits per heavy atom. The Labute approximate surface area is 157 Å². The third kappa shape index (κ3) is 3.44. The monoisotopic (exact) mass is 363 g/mol. The third-order valence-electron chi connectivity index (χ3n) is 4.60. The number of Topliss-reactive ketones (excluding diaryl/α,β-unsaturated/α-hetero) is 1. The minimum Gasteiger partial charge on any atom is -0.293 e. The van der Waals surface area contributed by atoms with Crippen LogP contribution in [0.15, 0.2) is 59.8 Å². The summed E-state index contributed by atoms with van der Waals surface area (Å²) in [5.41, 5.74) is 2.94. The zero-order valence-electron chi connectivity index (χ0n) is 14.9. The van der Waals surface area contributed by atoms with Crippen molar-refractivity contribution in [3.8, 4) is 5.69 Å². The highest BCUT2D eigenvalue weighted by Gasteiger charge is 2.31. The van der Waals surface area contributed by atoms with Crippen LogP contribution in [-0.2, 0) is 0 Å². The molecular weight excluding hydrogens is 342 g/mol. The molecule has 3 aromatic rings. The first kappa shape index (κ1) is 17.0. The van der Waals surface area contributed by atoms with Crippen molar-refractivity contribution >= 4 is 17.5 Å². The number of carbonyl (C=O) groups excluding carboxylic acids is 1. The summed E-state index contributed by atoms with van der Waals surface area (Å²) in [6.45, 7) is 3.96. The molecule has 26 heavy (non-hydrogen) atoms. The van der Waals surface area contributed by atoms with Crippen LogP contribution in [0.1, 0.15) is 47.4 Å². The Balaban J connectivity index is 1.62. The van der Waals surface area contributed by atoms with Crippen LogP contribution < -0.4 is 0 Å². The molecule has 2 aromatic carbocycles. The Hall–Kier alpha value is -2.40. The molecule has 1 aliphatic carbocycles. The van der Waals surface area contributed by atoms with Gasteiger partial charge in [-0.2, -0.15) is 0 Å². The molecule has 1 unspecified atom stereocenters. The highest BCUT2D eigenvalue weighted by molar-refractivity contribution is 8.00. The van der Waals surface area contributed by atoms with Gasteiger partial charge in [-0.1, -0.05) is 59.8 Å². The molecule has 1 atom stereocenters. The average molecular weight is 363 g/mol. The number of rotatable bonds is 6. The van der Waals surface area contributed by atoms with Crippen LogP contribution >= 0.6 is 11.8 Å². The predicted molar refractivity (Wildman–Crippen MR) is 104 cm³/mol. The number of aryl methyl sites for hydroxylation is 1. The first-order valence-corrected chi connectivity index (χ1v) is 9.79. The minimum absolute atomic E-state index is 0.116. The molecule has 1 aliphatic rings. The minimum atomic E-state index is -0.226. The fourth-order valence-electron chi connectivity index (χ4n) is 2.95. The first-order chi connectivity index (χ1) is 12.6. The van der Waals surface area contributed by atoms with Gasteiger partial charge in [0.05, 0.1) is 5.25 Å². The highest BCUT2D eigenvalue weighted by atomic mass is 32.2. The molecule has 5 heteroatoms. The number of aromatic nitrogens is 3. The number of ketones is 1. The molecule has 1 aromatic heterocycles. The molecule has 0 N–H and O–H groups in total. The van der Waals surface area contributed by atoms with Gasteiger partial charge in [-0.15, -0.1) is 10.2 Å². The molecule has 0 spiro atoms. The van der Waals surface area contributed by atoms with Crippen molar-refractivity contribution < 1.29 is 4.79 Å². The maximum absolute atomic E-state index is 12.8. The van der Waals surface area contributed by atoms with E-state index in [1.165, 1.54) is 11.8 Å². The molecule has 1 heterocycles. The van der Waals surface area contributed by atoms with Crippen LogP contribution in [-0.4, -0.2) is 25.8 Å². The van der Waals surface area contributed by atoms with Crippen LogP contribution in [0.25, 0.3) is 5.69 Å². The van der Waals surface area contributed by atoms with Gasteiger partial charge in [0.15, 0.2) is 10.9 Å². The second-order valence-corrected chi connectivity index (χ2v) is 8.08. The fourth-order valence-corrected chi connectivity index (χ4v) is 3.90. The standard InChI is InChI=1S/C21H21N3OS/c1-14-8-10-16(11-9-14)19(25)15(2)26-21-23-22-20(17-12-13-17)24(21)18-6-4-3-5-7-18/h3-11,15,17H,12-13H2,1-2H3. The van der Waals surface area contributed by atoms with E-state index in [2.05, 4.69) is 26.9 Å². The average Bonchev–Trinajstić information content (AvgIpc) is 3.43. The van der Waals surface area contributed by atoms with E-state index in [9.17, 15) is 4.79 Å². The number of hydrogen-bond acceptors (Lipinski definition) is 4. The smallest absolute Gasteiger partial charge is 0.196 e. The normalized spacial score (nSPS) is 15.0. The first-order valence-electron chi connectivity index (χ1n) is 8.92. The molecule has 0 amide bonds. The zero-order chi connectivity index (χ0) is 18.1. The number of hydrogen-bond donors (Lipinski definition) is 0. The number of nitrogens with zero attached hydrogens (tertiary/aromatic N) is 3. The SMILES string of the molecule is Cc1ccc(C(=O)C(C)Sc2nnc(C3CC3)n2-c2ccccc2)cc1. The Morgan fingerprint density at radius 2 is 1.77 bits per heavy atom. The lowest BCUT2D eigenvalue weighted by atomic mass is 10.1. The number of thioether (sulfide) groups is 1. The highest BCUT2D eigenvalue weighted by Crippen LogP contribution is 2.41. The molecule has 1 saturated carbocycles. The summed E-state index contributed by atoms with van der Waals surface area (Å²) in [6.07, 6.45) is 2.32. The molecule has 0 radical (unpaired) electrons. The molecule has 132 valence electrons. The van der Waals surface area contributed by atoms with Crippen molar-refractivity contribution in [2.24, 2.45) is 0 Å². The second kappa shape index (κ2) is 7.08. The summed E-state index contributed by atoms with van der Waals surface area (Å²) >= 11 is 1.48. The summed E-state index contributed by atoms with van der Waals surface area (Å²) < 4.78 is 2.11. The van der Waals surface area contributed by atoms with E-state index in [4.69, 9.17) is 0 Å². The van der Waals surface area contributed by atoms with Crippen molar-refractivity contribution in [2.45, 2.75) is 43.0 Å². The molecule has 0 bridgehead atoms. The van der Waals surface area contributed by atoms with Gasteiger partial charge in [0, 0.05) is 17.2 Å². The van der Waals surface area contributed by atoms with Crippen LogP contribution in [0.5, 0.6) is 0 Å². The topological polar surface area (TPSA) is 47.8 Å². The summed E-state index contributed by atoms with van der Waals surface area (Å²) in [5, 5.41) is 9.40. The lowest BCUT2D eigenvalue weighted by Gasteiger charge is -2.13. The van der Waals surface area contributed by atoms with Crippen molar-refractivity contribution in [3.63, 3.8) is 0 Å². The summed E-state index contributed by atoms with van der Waals surface area (Å²) in [4.78, 5) is 12.8. The largest absolute Gasteiger partial charge is 0.293 e. The second-order valence-electron chi connectivity index (χ2n) is 6.78. The Bertz CT molecular complexity index is 914. The lowest BCUT2D eigenvalue weighted by Crippen LogP contribution is -2.14. The molecular formula is C21H21N3OS. The maximum Gasteiger partial charge on any atom is 0.196 e. The van der Waals surface area contributed by atoms with Gasteiger partial charge < -0.3 is 0 Å². The van der Waals surface area contributed by atoms with Crippen LogP contribution in [0.4, 0.5) is 0 Å². The van der Waals surface area contributed by atoms with Gasteiger partial charge in [-0.05, 0) is 38.8 Å². The van der Waals surface area contributed by atoms with E-state index in [1.54, 1.807) is 0 Å². The van der Waals surface area contributed by atoms with Crippen LogP contribution in [0, 0.1) is 6.92 Å². The molecule has 4 nitrogen and oxygen atoms in total.